The van der Waals surface area contributed by atoms with Crippen LogP contribution in [-0.4, -0.2) is 19.3 Å². The molecule has 6 heteroatoms. The fourth-order valence-corrected chi connectivity index (χ4v) is 6.86. The number of hydrogen-bond donors (Lipinski definition) is 0. The molecular weight excluding hydrogens is 796 g/mol. The van der Waals surface area contributed by atoms with Crippen LogP contribution in [0.15, 0.2) is 91.1 Å². The number of ether oxygens (including phenoxy) is 1. The summed E-state index contributed by atoms with van der Waals surface area (Å²) in [4.78, 5) is 4.87. The number of unbranched alkanes of at least 4 members (excludes halogenated alkanes) is 2. The average molecular weight is 840 g/mol. The number of hydrogen-bond acceptors (Lipinski definition) is 3. The first-order chi connectivity index (χ1) is 23.6. The predicted octanol–water partition coefficient (Wildman–Crippen LogP) is 11.4. The molecule has 0 saturated carbocycles. The second kappa shape index (κ2) is 14.4. The van der Waals surface area contributed by atoms with Gasteiger partial charge in [0.05, 0.1) is 5.69 Å². The Kier molecular flexibility index (Phi) is 10.2. The van der Waals surface area contributed by atoms with Crippen LogP contribution in [0.4, 0.5) is 0 Å². The van der Waals surface area contributed by atoms with E-state index in [9.17, 15) is 0 Å². The third-order valence-corrected chi connectivity index (χ3v) is 9.40. The Hall–Kier alpha value is -4.47. The molecule has 5 nitrogen and oxygen atoms in total. The van der Waals surface area contributed by atoms with E-state index in [4.69, 9.17) is 14.8 Å². The number of benzene rings is 4. The van der Waals surface area contributed by atoms with Crippen LogP contribution < -0.4 is 4.74 Å². The second-order valence-corrected chi connectivity index (χ2v) is 14.2. The molecule has 256 valence electrons. The Morgan fingerprint density at radius 3 is 2.36 bits per heavy atom. The van der Waals surface area contributed by atoms with E-state index in [-0.39, 0.29) is 26.5 Å². The zero-order valence-corrected chi connectivity index (χ0v) is 32.3. The van der Waals surface area contributed by atoms with Gasteiger partial charge >= 0.3 is 21.1 Å². The van der Waals surface area contributed by atoms with E-state index in [1.807, 2.05) is 29.1 Å². The summed E-state index contributed by atoms with van der Waals surface area (Å²) in [5.41, 5.74) is 10.9. The zero-order valence-electron chi connectivity index (χ0n) is 30.0. The van der Waals surface area contributed by atoms with Gasteiger partial charge in [-0.05, 0) is 78.1 Å². The predicted molar refractivity (Wildman–Crippen MR) is 201 cm³/mol. The normalized spacial score (nSPS) is 11.7. The molecule has 50 heavy (non-hydrogen) atoms. The van der Waals surface area contributed by atoms with Crippen molar-refractivity contribution in [1.29, 1.82) is 0 Å². The minimum absolute atomic E-state index is 0. The summed E-state index contributed by atoms with van der Waals surface area (Å²) in [6.45, 7) is 15.2. The van der Waals surface area contributed by atoms with Gasteiger partial charge in [-0.2, -0.15) is 16.7 Å². The summed E-state index contributed by atoms with van der Waals surface area (Å²) in [5, 5.41) is 7.26. The monoisotopic (exact) mass is 839 g/mol. The van der Waals surface area contributed by atoms with Crippen molar-refractivity contribution in [2.45, 2.75) is 79.6 Å². The van der Waals surface area contributed by atoms with Crippen LogP contribution in [0.25, 0.3) is 44.4 Å². The molecular formula is C44H44N4OPt. The van der Waals surface area contributed by atoms with Crippen molar-refractivity contribution in [2.24, 2.45) is 0 Å². The van der Waals surface area contributed by atoms with Gasteiger partial charge < -0.3 is 9.30 Å². The van der Waals surface area contributed by atoms with E-state index in [1.165, 1.54) is 35.8 Å². The molecule has 4 aromatic carbocycles. The summed E-state index contributed by atoms with van der Waals surface area (Å²) in [7, 11) is 0. The third kappa shape index (κ3) is 6.94. The number of aromatic nitrogens is 4. The summed E-state index contributed by atoms with van der Waals surface area (Å²) >= 11 is 0. The second-order valence-electron chi connectivity index (χ2n) is 14.2. The first-order valence-corrected chi connectivity index (χ1v) is 17.4. The van der Waals surface area contributed by atoms with Crippen molar-refractivity contribution in [2.75, 3.05) is 0 Å². The number of nitrogens with zero attached hydrogens (tertiary/aromatic N) is 4. The van der Waals surface area contributed by atoms with Crippen molar-refractivity contribution < 1.29 is 25.8 Å². The Labute approximate surface area is 310 Å². The molecule has 0 atom stereocenters. The number of rotatable bonds is 9. The molecule has 0 fully saturated rings. The number of aryl methyl sites for hydroxylation is 3. The Balaban J connectivity index is 0.00000432. The van der Waals surface area contributed by atoms with Gasteiger partial charge in [0.15, 0.2) is 0 Å². The minimum Gasteiger partial charge on any atom is -0.509 e. The van der Waals surface area contributed by atoms with Gasteiger partial charge in [0.25, 0.3) is 0 Å². The van der Waals surface area contributed by atoms with Crippen LogP contribution in [0.5, 0.6) is 11.5 Å². The molecule has 0 aliphatic rings. The quantitative estimate of drug-likeness (QED) is 0.107. The summed E-state index contributed by atoms with van der Waals surface area (Å²) in [6.07, 6.45) is 6.64. The van der Waals surface area contributed by atoms with Crippen LogP contribution in [-0.2, 0) is 32.9 Å². The molecule has 0 saturated heterocycles. The van der Waals surface area contributed by atoms with Gasteiger partial charge in [-0.25, -0.2) is 4.98 Å². The number of fused-ring (bicyclic) bond motifs is 3. The van der Waals surface area contributed by atoms with Gasteiger partial charge in [0, 0.05) is 34.5 Å². The molecule has 0 unspecified atom stereocenters. The van der Waals surface area contributed by atoms with E-state index in [0.29, 0.717) is 11.5 Å². The zero-order chi connectivity index (χ0) is 34.3. The van der Waals surface area contributed by atoms with Crippen LogP contribution in [0.3, 0.4) is 0 Å². The van der Waals surface area contributed by atoms with Crippen molar-refractivity contribution in [3.63, 3.8) is 0 Å². The first kappa shape index (κ1) is 35.4. The molecule has 3 aromatic heterocycles. The van der Waals surface area contributed by atoms with Crippen LogP contribution in [0.2, 0.25) is 0 Å². The van der Waals surface area contributed by atoms with Crippen molar-refractivity contribution in [1.82, 2.24) is 19.3 Å². The van der Waals surface area contributed by atoms with Gasteiger partial charge in [0.2, 0.25) is 0 Å². The summed E-state index contributed by atoms with van der Waals surface area (Å²) in [6, 6.07) is 37.0. The van der Waals surface area contributed by atoms with Gasteiger partial charge in [-0.1, -0.05) is 95.4 Å². The molecule has 0 spiro atoms. The Morgan fingerprint density at radius 2 is 1.60 bits per heavy atom. The summed E-state index contributed by atoms with van der Waals surface area (Å²) in [5.74, 6) is 2.12. The fourth-order valence-electron chi connectivity index (χ4n) is 6.86. The standard InChI is InChI=1S/C44H44N4O.Pt/c1-8-9-11-14-32-17-20-40-39(25-32)38-19-18-36(28-41(38)47(40)42-26-34(21-22-45-42)44(5,6)7)49-37-24-29(2)23-35(27-37)48-31(4)43(30(3)46-48)33-15-12-10-13-16-33;/h10,12-13,15-26H,8-9,11,14H2,1-7H3;/q-2;+2. The molecule has 3 heterocycles. The van der Waals surface area contributed by atoms with Crippen LogP contribution in [0.1, 0.15) is 75.0 Å². The van der Waals surface area contributed by atoms with E-state index in [2.05, 4.69) is 132 Å². The molecule has 7 rings (SSSR count). The average Bonchev–Trinajstić information content (AvgIpc) is 3.56. The van der Waals surface area contributed by atoms with Gasteiger partial charge in [-0.15, -0.1) is 35.7 Å². The van der Waals surface area contributed by atoms with Crippen LogP contribution >= 0.6 is 0 Å². The van der Waals surface area contributed by atoms with Crippen LogP contribution in [0, 0.1) is 32.9 Å². The molecule has 0 bridgehead atoms. The van der Waals surface area contributed by atoms with E-state index >= 15 is 0 Å². The van der Waals surface area contributed by atoms with Crippen molar-refractivity contribution >= 4 is 21.8 Å². The minimum atomic E-state index is -0.00702. The van der Waals surface area contributed by atoms with Crippen molar-refractivity contribution in [3.8, 4) is 34.1 Å². The Bertz CT molecular complexity index is 2290. The summed E-state index contributed by atoms with van der Waals surface area (Å²) < 4.78 is 10.8. The molecule has 0 radical (unpaired) electrons. The maximum absolute atomic E-state index is 6.56. The molecule has 0 amide bonds. The largest absolute Gasteiger partial charge is 2.00 e. The SMILES string of the molecule is CCCCCc1ccc2c(c1)c1ccc(Oc3[c-]c(-n4nc(C)c(-c5ccccc5)c4C)cc(C)c3)[c-]c1n2-c1cc(C(C)(C)C)ccn1.[Pt+2]. The first-order valence-electron chi connectivity index (χ1n) is 17.4. The van der Waals surface area contributed by atoms with Gasteiger partial charge in [-0.3, -0.25) is 4.68 Å². The maximum Gasteiger partial charge on any atom is 2.00 e. The van der Waals surface area contributed by atoms with Gasteiger partial charge in [0.1, 0.15) is 5.82 Å². The smallest absolute Gasteiger partial charge is 0.509 e. The maximum atomic E-state index is 6.56. The molecule has 0 aliphatic heterocycles. The van der Waals surface area contributed by atoms with Crippen molar-refractivity contribution in [3.05, 3.63) is 131 Å². The van der Waals surface area contributed by atoms with E-state index < -0.39 is 0 Å². The molecule has 7 aromatic rings. The number of pyridine rings is 1. The topological polar surface area (TPSA) is 44.9 Å². The molecule has 0 aliphatic carbocycles. The fraction of sp³-hybridized carbons (Fsp3) is 0.273. The van der Waals surface area contributed by atoms with E-state index in [0.717, 1.165) is 62.4 Å². The Morgan fingerprint density at radius 1 is 0.800 bits per heavy atom. The third-order valence-electron chi connectivity index (χ3n) is 9.40. The molecule has 0 N–H and O–H groups in total. The van der Waals surface area contributed by atoms with E-state index in [1.54, 1.807) is 0 Å².